The molecule has 1 aromatic heterocycles. The Hall–Kier alpha value is -1.94. The lowest BCUT2D eigenvalue weighted by atomic mass is 9.98. The van der Waals surface area contributed by atoms with Crippen molar-refractivity contribution in [2.24, 2.45) is 5.92 Å². The number of aromatic nitrogens is 2. The predicted octanol–water partition coefficient (Wildman–Crippen LogP) is 3.17. The van der Waals surface area contributed by atoms with Crippen molar-refractivity contribution < 1.29 is 0 Å². The van der Waals surface area contributed by atoms with E-state index in [1.54, 1.807) is 0 Å². The van der Waals surface area contributed by atoms with Gasteiger partial charge in [-0.05, 0) is 45.7 Å². The summed E-state index contributed by atoms with van der Waals surface area (Å²) in [6, 6.07) is 10.2. The average Bonchev–Trinajstić information content (AvgIpc) is 2.58. The number of aryl methyl sites for hydroxylation is 1. The molecule has 0 aliphatic carbocycles. The van der Waals surface area contributed by atoms with Crippen molar-refractivity contribution in [3.05, 3.63) is 41.6 Å². The van der Waals surface area contributed by atoms with Crippen molar-refractivity contribution in [1.82, 2.24) is 15.3 Å². The highest BCUT2D eigenvalue weighted by molar-refractivity contribution is 5.59. The monoisotopic (exact) mass is 296 g/mol. The zero-order chi connectivity index (χ0) is 15.4. The molecule has 22 heavy (non-hydrogen) atoms. The molecule has 0 atom stereocenters. The second-order valence-corrected chi connectivity index (χ2v) is 6.05. The molecule has 1 saturated heterocycles. The van der Waals surface area contributed by atoms with Crippen LogP contribution in [-0.4, -0.2) is 29.6 Å². The molecule has 1 aliphatic rings. The molecule has 2 N–H and O–H groups in total. The van der Waals surface area contributed by atoms with Crippen LogP contribution in [0.5, 0.6) is 0 Å². The summed E-state index contributed by atoms with van der Waals surface area (Å²) in [5.41, 5.74) is 3.26. The van der Waals surface area contributed by atoms with Crippen LogP contribution in [0, 0.1) is 19.8 Å². The first kappa shape index (κ1) is 15.0. The summed E-state index contributed by atoms with van der Waals surface area (Å²) in [6.07, 6.45) is 2.48. The highest BCUT2D eigenvalue weighted by atomic mass is 15.0. The summed E-state index contributed by atoms with van der Waals surface area (Å²) in [6.45, 7) is 7.40. The lowest BCUT2D eigenvalue weighted by Crippen LogP contribution is -2.31. The van der Waals surface area contributed by atoms with E-state index < -0.39 is 0 Å². The van der Waals surface area contributed by atoms with Gasteiger partial charge in [-0.2, -0.15) is 0 Å². The van der Waals surface area contributed by atoms with Crippen LogP contribution >= 0.6 is 0 Å². The largest absolute Gasteiger partial charge is 0.369 e. The molecular weight excluding hydrogens is 272 g/mol. The van der Waals surface area contributed by atoms with Gasteiger partial charge in [-0.1, -0.05) is 30.3 Å². The van der Waals surface area contributed by atoms with Crippen molar-refractivity contribution in [2.45, 2.75) is 26.7 Å². The normalized spacial score (nSPS) is 15.7. The number of rotatable bonds is 4. The molecule has 116 valence electrons. The molecular formula is C18H24N4. The van der Waals surface area contributed by atoms with E-state index >= 15 is 0 Å². The molecule has 0 radical (unpaired) electrons. The topological polar surface area (TPSA) is 49.8 Å². The van der Waals surface area contributed by atoms with Gasteiger partial charge in [0, 0.05) is 23.4 Å². The Labute approximate surface area is 132 Å². The lowest BCUT2D eigenvalue weighted by Gasteiger charge is -2.23. The molecule has 4 nitrogen and oxygen atoms in total. The van der Waals surface area contributed by atoms with Gasteiger partial charge in [-0.25, -0.2) is 9.97 Å². The minimum absolute atomic E-state index is 0.732. The summed E-state index contributed by atoms with van der Waals surface area (Å²) < 4.78 is 0. The maximum absolute atomic E-state index is 4.75. The Morgan fingerprint density at radius 2 is 1.82 bits per heavy atom. The molecule has 1 aliphatic heterocycles. The second-order valence-electron chi connectivity index (χ2n) is 6.05. The highest BCUT2D eigenvalue weighted by Crippen LogP contribution is 2.22. The Balaban J connectivity index is 1.79. The Bertz CT molecular complexity index is 618. The second kappa shape index (κ2) is 6.88. The van der Waals surface area contributed by atoms with Crippen LogP contribution in [0.15, 0.2) is 30.3 Å². The van der Waals surface area contributed by atoms with Crippen LogP contribution in [0.4, 0.5) is 5.82 Å². The third-order valence-electron chi connectivity index (χ3n) is 4.44. The molecule has 0 saturated carbocycles. The van der Waals surface area contributed by atoms with Crippen molar-refractivity contribution in [2.75, 3.05) is 25.0 Å². The molecule has 4 heteroatoms. The maximum Gasteiger partial charge on any atom is 0.161 e. The SMILES string of the molecule is Cc1nc(-c2ccccc2)nc(NCC2CCNCC2)c1C. The molecule has 1 aromatic carbocycles. The van der Waals surface area contributed by atoms with Gasteiger partial charge in [0.1, 0.15) is 5.82 Å². The van der Waals surface area contributed by atoms with Gasteiger partial charge < -0.3 is 10.6 Å². The van der Waals surface area contributed by atoms with Gasteiger partial charge >= 0.3 is 0 Å². The van der Waals surface area contributed by atoms with Crippen LogP contribution < -0.4 is 10.6 Å². The summed E-state index contributed by atoms with van der Waals surface area (Å²) >= 11 is 0. The zero-order valence-electron chi connectivity index (χ0n) is 13.4. The molecule has 3 rings (SSSR count). The molecule has 1 fully saturated rings. The van der Waals surface area contributed by atoms with E-state index in [-0.39, 0.29) is 0 Å². The van der Waals surface area contributed by atoms with Crippen LogP contribution in [0.1, 0.15) is 24.1 Å². The minimum atomic E-state index is 0.732. The van der Waals surface area contributed by atoms with Gasteiger partial charge in [0.15, 0.2) is 5.82 Å². The van der Waals surface area contributed by atoms with Crippen molar-refractivity contribution in [3.63, 3.8) is 0 Å². The predicted molar refractivity (Wildman–Crippen MR) is 91.0 cm³/mol. The Morgan fingerprint density at radius 3 is 2.55 bits per heavy atom. The van der Waals surface area contributed by atoms with Crippen LogP contribution in [0.2, 0.25) is 0 Å². The number of piperidine rings is 1. The van der Waals surface area contributed by atoms with Crippen molar-refractivity contribution in [1.29, 1.82) is 0 Å². The van der Waals surface area contributed by atoms with E-state index in [0.29, 0.717) is 0 Å². The first-order chi connectivity index (χ1) is 10.7. The summed E-state index contributed by atoms with van der Waals surface area (Å²) in [4.78, 5) is 9.39. The lowest BCUT2D eigenvalue weighted by molar-refractivity contribution is 0.389. The number of nitrogens with zero attached hydrogens (tertiary/aromatic N) is 2. The number of hydrogen-bond acceptors (Lipinski definition) is 4. The standard InChI is InChI=1S/C18H24N4/c1-13-14(2)21-18(16-6-4-3-5-7-16)22-17(13)20-12-15-8-10-19-11-9-15/h3-7,15,19H,8-12H2,1-2H3,(H,20,21,22). The van der Waals surface area contributed by atoms with Crippen LogP contribution in [0.25, 0.3) is 11.4 Å². The Morgan fingerprint density at radius 1 is 1.09 bits per heavy atom. The van der Waals surface area contributed by atoms with Crippen molar-refractivity contribution >= 4 is 5.82 Å². The molecule has 0 bridgehead atoms. The fraction of sp³-hybridized carbons (Fsp3) is 0.444. The highest BCUT2D eigenvalue weighted by Gasteiger charge is 2.14. The number of benzene rings is 1. The average molecular weight is 296 g/mol. The van der Waals surface area contributed by atoms with E-state index in [1.807, 2.05) is 18.2 Å². The molecule has 2 aromatic rings. The van der Waals surface area contributed by atoms with Crippen molar-refractivity contribution in [3.8, 4) is 11.4 Å². The summed E-state index contributed by atoms with van der Waals surface area (Å²) in [5.74, 6) is 2.51. The molecule has 0 amide bonds. The smallest absolute Gasteiger partial charge is 0.161 e. The van der Waals surface area contributed by atoms with Gasteiger partial charge in [-0.15, -0.1) is 0 Å². The first-order valence-electron chi connectivity index (χ1n) is 8.09. The van der Waals surface area contributed by atoms with Gasteiger partial charge in [0.25, 0.3) is 0 Å². The minimum Gasteiger partial charge on any atom is -0.369 e. The third-order valence-corrected chi connectivity index (χ3v) is 4.44. The number of hydrogen-bond donors (Lipinski definition) is 2. The zero-order valence-corrected chi connectivity index (χ0v) is 13.4. The number of anilines is 1. The Kier molecular flexibility index (Phi) is 4.68. The van der Waals surface area contributed by atoms with Gasteiger partial charge in [0.05, 0.1) is 0 Å². The van der Waals surface area contributed by atoms with E-state index in [1.165, 1.54) is 12.8 Å². The summed E-state index contributed by atoms with van der Waals surface area (Å²) in [7, 11) is 0. The quantitative estimate of drug-likeness (QED) is 0.910. The van der Waals surface area contributed by atoms with Crippen LogP contribution in [0.3, 0.4) is 0 Å². The van der Waals surface area contributed by atoms with Gasteiger partial charge in [0.2, 0.25) is 0 Å². The molecule has 0 unspecified atom stereocenters. The van der Waals surface area contributed by atoms with E-state index in [4.69, 9.17) is 4.98 Å². The summed E-state index contributed by atoms with van der Waals surface area (Å²) in [5, 5.41) is 6.97. The molecule has 0 spiro atoms. The maximum atomic E-state index is 4.75. The van der Waals surface area contributed by atoms with Crippen LogP contribution in [-0.2, 0) is 0 Å². The fourth-order valence-corrected chi connectivity index (χ4v) is 2.84. The molecule has 2 heterocycles. The number of nitrogens with one attached hydrogen (secondary N) is 2. The van der Waals surface area contributed by atoms with Gasteiger partial charge in [-0.3, -0.25) is 0 Å². The third kappa shape index (κ3) is 3.45. The van der Waals surface area contributed by atoms with E-state index in [9.17, 15) is 0 Å². The fourth-order valence-electron chi connectivity index (χ4n) is 2.84. The van der Waals surface area contributed by atoms with E-state index in [2.05, 4.69) is 41.6 Å². The first-order valence-corrected chi connectivity index (χ1v) is 8.09. The van der Waals surface area contributed by atoms with E-state index in [0.717, 1.165) is 54.0 Å².